The van der Waals surface area contributed by atoms with Crippen LogP contribution in [0.1, 0.15) is 84.0 Å². The van der Waals surface area contributed by atoms with Gasteiger partial charge in [-0.1, -0.05) is 71.1 Å². The zero-order valence-electron chi connectivity index (χ0n) is 15.7. The Kier molecular flexibility index (Phi) is 9.75. The first kappa shape index (κ1) is 19.1. The van der Waals surface area contributed by atoms with Gasteiger partial charge in [-0.2, -0.15) is 0 Å². The Morgan fingerprint density at radius 2 is 1.62 bits per heavy atom. The molecule has 2 heteroatoms. The minimum atomic E-state index is 0.870. The lowest BCUT2D eigenvalue weighted by Crippen LogP contribution is -2.10. The molecule has 1 saturated carbocycles. The van der Waals surface area contributed by atoms with Crippen LogP contribution in [0.25, 0.3) is 0 Å². The van der Waals surface area contributed by atoms with Crippen molar-refractivity contribution in [1.29, 1.82) is 0 Å². The van der Waals surface area contributed by atoms with Gasteiger partial charge in [-0.3, -0.25) is 0 Å². The van der Waals surface area contributed by atoms with E-state index in [1.54, 1.807) is 0 Å². The van der Waals surface area contributed by atoms with Gasteiger partial charge in [-0.25, -0.2) is 0 Å². The Morgan fingerprint density at radius 1 is 0.917 bits per heavy atom. The van der Waals surface area contributed by atoms with Crippen LogP contribution in [0, 0.1) is 5.92 Å². The van der Waals surface area contributed by atoms with E-state index in [1.165, 1.54) is 82.7 Å². The molecule has 0 heterocycles. The number of hydrogen-bond acceptors (Lipinski definition) is 2. The first-order valence-electron chi connectivity index (χ1n) is 10.3. The number of nitrogens with one attached hydrogen (secondary N) is 1. The summed E-state index contributed by atoms with van der Waals surface area (Å²) in [5.74, 6) is 1.91. The van der Waals surface area contributed by atoms with Gasteiger partial charge >= 0.3 is 0 Å². The van der Waals surface area contributed by atoms with Gasteiger partial charge in [0, 0.05) is 12.2 Å². The van der Waals surface area contributed by atoms with Gasteiger partial charge in [0.25, 0.3) is 0 Å². The molecule has 1 aliphatic rings. The third-order valence-corrected chi connectivity index (χ3v) is 5.23. The van der Waals surface area contributed by atoms with Crippen molar-refractivity contribution in [3.05, 3.63) is 24.3 Å². The predicted molar refractivity (Wildman–Crippen MR) is 105 cm³/mol. The van der Waals surface area contributed by atoms with E-state index in [-0.39, 0.29) is 0 Å². The smallest absolute Gasteiger partial charge is 0.119 e. The fraction of sp³-hybridized carbons (Fsp3) is 0.727. The summed E-state index contributed by atoms with van der Waals surface area (Å²) in [5, 5.41) is 3.52. The maximum Gasteiger partial charge on any atom is 0.119 e. The van der Waals surface area contributed by atoms with Crippen LogP contribution < -0.4 is 10.1 Å². The molecule has 0 aromatic heterocycles. The first-order valence-corrected chi connectivity index (χ1v) is 10.3. The van der Waals surface area contributed by atoms with Gasteiger partial charge in [0.05, 0.1) is 6.61 Å². The van der Waals surface area contributed by atoms with Crippen LogP contribution in [0.3, 0.4) is 0 Å². The molecular weight excluding hydrogens is 294 g/mol. The molecule has 24 heavy (non-hydrogen) atoms. The highest BCUT2D eigenvalue weighted by Crippen LogP contribution is 2.26. The largest absolute Gasteiger partial charge is 0.494 e. The average molecular weight is 332 g/mol. The summed E-state index contributed by atoms with van der Waals surface area (Å²) in [6.45, 7) is 4.22. The molecule has 136 valence electrons. The van der Waals surface area contributed by atoms with E-state index in [4.69, 9.17) is 4.74 Å². The molecule has 2 nitrogen and oxygen atoms in total. The second-order valence-corrected chi connectivity index (χ2v) is 7.36. The lowest BCUT2D eigenvalue weighted by molar-refractivity contribution is 0.246. The van der Waals surface area contributed by atoms with Crippen molar-refractivity contribution >= 4 is 5.69 Å². The van der Waals surface area contributed by atoms with Crippen LogP contribution in [0.5, 0.6) is 5.75 Å². The van der Waals surface area contributed by atoms with Crippen molar-refractivity contribution in [2.75, 3.05) is 18.5 Å². The van der Waals surface area contributed by atoms with E-state index < -0.39 is 0 Å². The number of unbranched alkanes of at least 4 members (excludes halogenated alkanes) is 5. The quantitative estimate of drug-likeness (QED) is 0.425. The number of hydrogen-bond donors (Lipinski definition) is 1. The van der Waals surface area contributed by atoms with Crippen molar-refractivity contribution in [3.63, 3.8) is 0 Å². The van der Waals surface area contributed by atoms with Crippen molar-refractivity contribution < 1.29 is 4.74 Å². The first-order chi connectivity index (χ1) is 11.9. The lowest BCUT2D eigenvalue weighted by Gasteiger charge is -2.21. The Morgan fingerprint density at radius 3 is 2.38 bits per heavy atom. The number of rotatable bonds is 12. The minimum Gasteiger partial charge on any atom is -0.494 e. The zero-order valence-corrected chi connectivity index (χ0v) is 15.7. The zero-order chi connectivity index (χ0) is 16.9. The van der Waals surface area contributed by atoms with Crippen molar-refractivity contribution in [2.45, 2.75) is 84.0 Å². The molecule has 0 bridgehead atoms. The summed E-state index contributed by atoms with van der Waals surface area (Å²) in [7, 11) is 0. The second-order valence-electron chi connectivity index (χ2n) is 7.36. The number of benzene rings is 1. The van der Waals surface area contributed by atoms with E-state index in [2.05, 4.69) is 36.5 Å². The third-order valence-electron chi connectivity index (χ3n) is 5.23. The Labute approximate surface area is 149 Å². The maximum absolute atomic E-state index is 5.92. The highest BCUT2D eigenvalue weighted by Gasteiger charge is 2.12. The van der Waals surface area contributed by atoms with E-state index in [0.717, 1.165) is 24.8 Å². The fourth-order valence-corrected chi connectivity index (χ4v) is 3.63. The monoisotopic (exact) mass is 331 g/mol. The minimum absolute atomic E-state index is 0.870. The van der Waals surface area contributed by atoms with E-state index in [9.17, 15) is 0 Å². The molecule has 1 N–H and O–H groups in total. The molecule has 1 aromatic rings. The van der Waals surface area contributed by atoms with Crippen LogP contribution >= 0.6 is 0 Å². The Bertz CT molecular complexity index is 408. The SMILES string of the molecule is CCCCCCCCNc1ccc(OCCC2CCCCC2)cc1. The molecule has 0 aliphatic heterocycles. The maximum atomic E-state index is 5.92. The number of anilines is 1. The van der Waals surface area contributed by atoms with E-state index in [1.807, 2.05) is 0 Å². The van der Waals surface area contributed by atoms with Crippen LogP contribution in [0.4, 0.5) is 5.69 Å². The topological polar surface area (TPSA) is 21.3 Å². The van der Waals surface area contributed by atoms with Crippen LogP contribution in [0.15, 0.2) is 24.3 Å². The fourth-order valence-electron chi connectivity index (χ4n) is 3.63. The summed E-state index contributed by atoms with van der Waals surface area (Å²) in [6, 6.07) is 8.49. The van der Waals surface area contributed by atoms with Crippen molar-refractivity contribution in [2.24, 2.45) is 5.92 Å². The molecule has 0 spiro atoms. The van der Waals surface area contributed by atoms with Crippen LogP contribution in [-0.2, 0) is 0 Å². The molecule has 0 unspecified atom stereocenters. The van der Waals surface area contributed by atoms with Gasteiger partial charge in [0.2, 0.25) is 0 Å². The molecule has 0 radical (unpaired) electrons. The highest BCUT2D eigenvalue weighted by molar-refractivity contribution is 5.46. The van der Waals surface area contributed by atoms with Crippen molar-refractivity contribution in [1.82, 2.24) is 0 Å². The summed E-state index contributed by atoms with van der Waals surface area (Å²) in [5.41, 5.74) is 1.21. The average Bonchev–Trinajstić information content (AvgIpc) is 2.63. The normalized spacial score (nSPS) is 15.4. The molecule has 0 amide bonds. The van der Waals surface area contributed by atoms with Crippen LogP contribution in [-0.4, -0.2) is 13.2 Å². The highest BCUT2D eigenvalue weighted by atomic mass is 16.5. The summed E-state index contributed by atoms with van der Waals surface area (Å²) >= 11 is 0. The lowest BCUT2D eigenvalue weighted by atomic mass is 9.87. The third kappa shape index (κ3) is 8.08. The number of ether oxygens (including phenoxy) is 1. The van der Waals surface area contributed by atoms with Gasteiger partial charge in [0.1, 0.15) is 5.75 Å². The Balaban J connectivity index is 1.53. The molecule has 1 aliphatic carbocycles. The van der Waals surface area contributed by atoms with Gasteiger partial charge in [-0.05, 0) is 43.0 Å². The van der Waals surface area contributed by atoms with Gasteiger partial charge in [0.15, 0.2) is 0 Å². The standard InChI is InChI=1S/C22H37NO/c1-2-3-4-5-6-10-18-23-21-13-15-22(16-14-21)24-19-17-20-11-8-7-9-12-20/h13-16,20,23H,2-12,17-19H2,1H3. The molecule has 0 saturated heterocycles. The molecule has 0 atom stereocenters. The van der Waals surface area contributed by atoms with Crippen LogP contribution in [0.2, 0.25) is 0 Å². The summed E-state index contributed by atoms with van der Waals surface area (Å²) in [6.07, 6.45) is 16.4. The summed E-state index contributed by atoms with van der Waals surface area (Å²) < 4.78 is 5.92. The second kappa shape index (κ2) is 12.2. The van der Waals surface area contributed by atoms with E-state index >= 15 is 0 Å². The summed E-state index contributed by atoms with van der Waals surface area (Å²) in [4.78, 5) is 0. The van der Waals surface area contributed by atoms with Gasteiger partial charge in [-0.15, -0.1) is 0 Å². The predicted octanol–water partition coefficient (Wildman–Crippen LogP) is 6.81. The molecular formula is C22H37NO. The molecule has 1 aromatic carbocycles. The molecule has 2 rings (SSSR count). The van der Waals surface area contributed by atoms with Crippen molar-refractivity contribution in [3.8, 4) is 5.75 Å². The van der Waals surface area contributed by atoms with Gasteiger partial charge < -0.3 is 10.1 Å². The Hall–Kier alpha value is -1.18. The molecule has 1 fully saturated rings. The van der Waals surface area contributed by atoms with E-state index in [0.29, 0.717) is 0 Å².